The monoisotopic (exact) mass is 172 g/mol. The van der Waals surface area contributed by atoms with E-state index in [-0.39, 0.29) is 6.10 Å². The Morgan fingerprint density at radius 3 is 2.50 bits per heavy atom. The molecular formula is C10H20O2. The van der Waals surface area contributed by atoms with E-state index in [0.29, 0.717) is 6.42 Å². The van der Waals surface area contributed by atoms with Gasteiger partial charge in [0, 0.05) is 6.42 Å². The minimum absolute atomic E-state index is 0.351. The molecule has 0 saturated carbocycles. The summed E-state index contributed by atoms with van der Waals surface area (Å²) in [6.45, 7) is 3.96. The molecular weight excluding hydrogens is 152 g/mol. The lowest BCUT2D eigenvalue weighted by molar-refractivity contribution is 0.0960. The van der Waals surface area contributed by atoms with Gasteiger partial charge in [0.2, 0.25) is 0 Å². The highest BCUT2D eigenvalue weighted by Crippen LogP contribution is 2.07. The Bertz CT molecular complexity index is 121. The molecule has 0 bridgehead atoms. The minimum Gasteiger partial charge on any atom is -0.393 e. The lowest BCUT2D eigenvalue weighted by Crippen LogP contribution is -2.15. The molecule has 0 fully saturated rings. The summed E-state index contributed by atoms with van der Waals surface area (Å²) in [5.41, 5.74) is 0. The highest BCUT2D eigenvalue weighted by atomic mass is 16.3. The number of allylic oxidation sites excluding steroid dienone is 1. The van der Waals surface area contributed by atoms with Crippen LogP contribution in [0.3, 0.4) is 0 Å². The summed E-state index contributed by atoms with van der Waals surface area (Å²) in [5, 5.41) is 18.7. The van der Waals surface area contributed by atoms with Crippen molar-refractivity contribution in [3.8, 4) is 0 Å². The Morgan fingerprint density at radius 1 is 1.33 bits per heavy atom. The summed E-state index contributed by atoms with van der Waals surface area (Å²) in [6, 6.07) is 0. The van der Waals surface area contributed by atoms with Gasteiger partial charge in [-0.2, -0.15) is 0 Å². The predicted octanol–water partition coefficient (Wildman–Crippen LogP) is 1.86. The summed E-state index contributed by atoms with van der Waals surface area (Å²) in [7, 11) is 0. The van der Waals surface area contributed by atoms with E-state index in [9.17, 15) is 10.2 Å². The van der Waals surface area contributed by atoms with Crippen LogP contribution in [0.2, 0.25) is 0 Å². The summed E-state index contributed by atoms with van der Waals surface area (Å²) in [6.07, 6.45) is 6.06. The van der Waals surface area contributed by atoms with Crippen molar-refractivity contribution < 1.29 is 10.2 Å². The standard InChI is InChI=1S/C10H20O2/c1-3-5-7-10(12)8-9(11)6-4-2/h4,6,9-12H,3,5,7-8H2,1-2H3/b6-4+. The zero-order chi connectivity index (χ0) is 9.40. The van der Waals surface area contributed by atoms with Gasteiger partial charge in [0.1, 0.15) is 0 Å². The molecule has 2 heteroatoms. The molecule has 0 heterocycles. The molecule has 0 aromatic heterocycles. The second-order valence-corrected chi connectivity index (χ2v) is 3.12. The van der Waals surface area contributed by atoms with Gasteiger partial charge in [-0.3, -0.25) is 0 Å². The largest absolute Gasteiger partial charge is 0.393 e. The van der Waals surface area contributed by atoms with Crippen LogP contribution < -0.4 is 0 Å². The normalized spacial score (nSPS) is 16.7. The van der Waals surface area contributed by atoms with Crippen molar-refractivity contribution in [2.24, 2.45) is 0 Å². The van der Waals surface area contributed by atoms with E-state index < -0.39 is 6.10 Å². The van der Waals surface area contributed by atoms with Gasteiger partial charge in [-0.05, 0) is 13.3 Å². The second kappa shape index (κ2) is 7.32. The fraction of sp³-hybridized carbons (Fsp3) is 0.800. The molecule has 0 aliphatic heterocycles. The van der Waals surface area contributed by atoms with Crippen LogP contribution in [0.25, 0.3) is 0 Å². The molecule has 0 amide bonds. The van der Waals surface area contributed by atoms with Gasteiger partial charge >= 0.3 is 0 Å². The van der Waals surface area contributed by atoms with Crippen LogP contribution in [0, 0.1) is 0 Å². The summed E-state index contributed by atoms with van der Waals surface area (Å²) in [5.74, 6) is 0. The van der Waals surface area contributed by atoms with Crippen molar-refractivity contribution in [1.82, 2.24) is 0 Å². The molecule has 0 saturated heterocycles. The Morgan fingerprint density at radius 2 is 2.00 bits per heavy atom. The first kappa shape index (κ1) is 11.7. The maximum Gasteiger partial charge on any atom is 0.0745 e. The van der Waals surface area contributed by atoms with Crippen molar-refractivity contribution >= 4 is 0 Å². The third-order valence-electron chi connectivity index (χ3n) is 1.82. The van der Waals surface area contributed by atoms with Crippen molar-refractivity contribution in [3.05, 3.63) is 12.2 Å². The molecule has 0 aliphatic rings. The molecule has 0 aromatic rings. The van der Waals surface area contributed by atoms with Gasteiger partial charge in [-0.25, -0.2) is 0 Å². The van der Waals surface area contributed by atoms with Crippen LogP contribution in [0.4, 0.5) is 0 Å². The number of hydrogen-bond acceptors (Lipinski definition) is 2. The quantitative estimate of drug-likeness (QED) is 0.600. The molecule has 72 valence electrons. The molecule has 2 atom stereocenters. The maximum absolute atomic E-state index is 9.38. The predicted molar refractivity (Wildman–Crippen MR) is 51.0 cm³/mol. The first-order valence-electron chi connectivity index (χ1n) is 4.69. The van der Waals surface area contributed by atoms with Crippen LogP contribution in [0.1, 0.15) is 39.5 Å². The van der Waals surface area contributed by atoms with Crippen LogP contribution in [0.15, 0.2) is 12.2 Å². The summed E-state index contributed by atoms with van der Waals surface area (Å²) >= 11 is 0. The van der Waals surface area contributed by atoms with E-state index in [0.717, 1.165) is 19.3 Å². The highest BCUT2D eigenvalue weighted by molar-refractivity contribution is 4.86. The smallest absolute Gasteiger partial charge is 0.0745 e. The van der Waals surface area contributed by atoms with Crippen molar-refractivity contribution in [2.45, 2.75) is 51.7 Å². The van der Waals surface area contributed by atoms with Gasteiger partial charge < -0.3 is 10.2 Å². The number of rotatable bonds is 6. The first-order valence-corrected chi connectivity index (χ1v) is 4.69. The molecule has 2 N–H and O–H groups in total. The Kier molecular flexibility index (Phi) is 7.11. The topological polar surface area (TPSA) is 40.5 Å². The third kappa shape index (κ3) is 6.38. The summed E-state index contributed by atoms with van der Waals surface area (Å²) in [4.78, 5) is 0. The Balaban J connectivity index is 3.46. The van der Waals surface area contributed by atoms with E-state index in [1.54, 1.807) is 12.2 Å². The maximum atomic E-state index is 9.38. The molecule has 2 nitrogen and oxygen atoms in total. The molecule has 12 heavy (non-hydrogen) atoms. The van der Waals surface area contributed by atoms with Gasteiger partial charge in [0.05, 0.1) is 12.2 Å². The summed E-state index contributed by atoms with van der Waals surface area (Å²) < 4.78 is 0. The van der Waals surface area contributed by atoms with Crippen LogP contribution in [0.5, 0.6) is 0 Å². The minimum atomic E-state index is -0.484. The SMILES string of the molecule is C/C=C/C(O)CC(O)CCCC. The number of aliphatic hydroxyl groups is 2. The molecule has 0 radical (unpaired) electrons. The Labute approximate surface area is 74.9 Å². The lowest BCUT2D eigenvalue weighted by atomic mass is 10.1. The fourth-order valence-corrected chi connectivity index (χ4v) is 1.14. The molecule has 2 unspecified atom stereocenters. The first-order chi connectivity index (χ1) is 5.70. The average molecular weight is 172 g/mol. The van der Waals surface area contributed by atoms with E-state index in [1.165, 1.54) is 0 Å². The number of hydrogen-bond donors (Lipinski definition) is 2. The van der Waals surface area contributed by atoms with E-state index in [2.05, 4.69) is 6.92 Å². The molecule has 0 rings (SSSR count). The Hall–Kier alpha value is -0.340. The zero-order valence-electron chi connectivity index (χ0n) is 8.03. The second-order valence-electron chi connectivity index (χ2n) is 3.12. The van der Waals surface area contributed by atoms with E-state index in [1.807, 2.05) is 6.92 Å². The molecule has 0 aliphatic carbocycles. The molecule has 0 aromatic carbocycles. The fourth-order valence-electron chi connectivity index (χ4n) is 1.14. The van der Waals surface area contributed by atoms with Crippen molar-refractivity contribution in [3.63, 3.8) is 0 Å². The zero-order valence-corrected chi connectivity index (χ0v) is 8.03. The lowest BCUT2D eigenvalue weighted by Gasteiger charge is -2.11. The number of aliphatic hydroxyl groups excluding tert-OH is 2. The molecule has 0 spiro atoms. The van der Waals surface area contributed by atoms with Gasteiger partial charge in [-0.15, -0.1) is 0 Å². The van der Waals surface area contributed by atoms with Crippen molar-refractivity contribution in [1.29, 1.82) is 0 Å². The van der Waals surface area contributed by atoms with Crippen molar-refractivity contribution in [2.75, 3.05) is 0 Å². The average Bonchev–Trinajstić information content (AvgIpc) is 2.01. The third-order valence-corrected chi connectivity index (χ3v) is 1.82. The van der Waals surface area contributed by atoms with Gasteiger partial charge in [0.15, 0.2) is 0 Å². The van der Waals surface area contributed by atoms with E-state index >= 15 is 0 Å². The van der Waals surface area contributed by atoms with Gasteiger partial charge in [0.25, 0.3) is 0 Å². The van der Waals surface area contributed by atoms with Crippen LogP contribution in [-0.4, -0.2) is 22.4 Å². The highest BCUT2D eigenvalue weighted by Gasteiger charge is 2.07. The van der Waals surface area contributed by atoms with Gasteiger partial charge in [-0.1, -0.05) is 31.9 Å². The van der Waals surface area contributed by atoms with E-state index in [4.69, 9.17) is 0 Å². The number of unbranched alkanes of at least 4 members (excludes halogenated alkanes) is 1. The van der Waals surface area contributed by atoms with Crippen LogP contribution in [-0.2, 0) is 0 Å². The van der Waals surface area contributed by atoms with Crippen LogP contribution >= 0.6 is 0 Å².